The summed E-state index contributed by atoms with van der Waals surface area (Å²) in [5, 5.41) is 4.72. The summed E-state index contributed by atoms with van der Waals surface area (Å²) in [7, 11) is -3.21. The Morgan fingerprint density at radius 1 is 1.25 bits per heavy atom. The van der Waals surface area contributed by atoms with E-state index in [0.717, 1.165) is 44.7 Å². The molecule has 36 heavy (non-hydrogen) atoms. The van der Waals surface area contributed by atoms with Gasteiger partial charge in [0.1, 0.15) is 11.3 Å². The molecule has 1 aliphatic rings. The Morgan fingerprint density at radius 3 is 2.78 bits per heavy atom. The minimum Gasteiger partial charge on any atom is -0.378 e. The first-order valence-electron chi connectivity index (χ1n) is 11.5. The van der Waals surface area contributed by atoms with Gasteiger partial charge in [-0.1, -0.05) is 23.2 Å². The van der Waals surface area contributed by atoms with Gasteiger partial charge in [-0.25, -0.2) is 18.4 Å². The van der Waals surface area contributed by atoms with E-state index in [4.69, 9.17) is 28.2 Å². The molecule has 0 bridgehead atoms. The van der Waals surface area contributed by atoms with Crippen molar-refractivity contribution in [3.63, 3.8) is 0 Å². The van der Waals surface area contributed by atoms with Gasteiger partial charge in [-0.15, -0.1) is 0 Å². The average Bonchev–Trinajstić information content (AvgIpc) is 3.55. The Labute approximate surface area is 228 Å². The van der Waals surface area contributed by atoms with Crippen molar-refractivity contribution in [1.29, 1.82) is 0 Å². The molecule has 1 atom stereocenters. The number of H-pyrrole nitrogens is 1. The number of sulfonamides is 1. The largest absolute Gasteiger partial charge is 0.378 e. The summed E-state index contributed by atoms with van der Waals surface area (Å²) in [5.41, 5.74) is 5.80. The summed E-state index contributed by atoms with van der Waals surface area (Å²) < 4.78 is 29.0. The lowest BCUT2D eigenvalue weighted by Gasteiger charge is -2.17. The first kappa shape index (κ1) is 25.5. The quantitative estimate of drug-likeness (QED) is 0.281. The zero-order chi connectivity index (χ0) is 25.8. The van der Waals surface area contributed by atoms with Gasteiger partial charge in [-0.05, 0) is 67.4 Å². The number of anilines is 1. The molecule has 1 unspecified atom stereocenters. The van der Waals surface area contributed by atoms with Gasteiger partial charge in [0.15, 0.2) is 5.65 Å². The smallest absolute Gasteiger partial charge is 0.213 e. The maximum absolute atomic E-state index is 12.3. The number of aromatic amines is 1. The van der Waals surface area contributed by atoms with Gasteiger partial charge in [-0.3, -0.25) is 0 Å². The normalized spacial score (nSPS) is 16.8. The lowest BCUT2D eigenvalue weighted by atomic mass is 10.2. The van der Waals surface area contributed by atoms with Crippen LogP contribution < -0.4 is 5.32 Å². The van der Waals surface area contributed by atoms with Crippen LogP contribution in [-0.2, 0) is 10.0 Å². The van der Waals surface area contributed by atoms with Gasteiger partial charge in [0.25, 0.3) is 0 Å². The lowest BCUT2D eigenvalue weighted by Crippen LogP contribution is -2.32. The van der Waals surface area contributed by atoms with E-state index in [1.165, 1.54) is 0 Å². The van der Waals surface area contributed by atoms with Gasteiger partial charge >= 0.3 is 0 Å². The minimum atomic E-state index is -3.21. The Hall–Kier alpha value is -2.11. The van der Waals surface area contributed by atoms with Crippen LogP contribution in [0.1, 0.15) is 24.7 Å². The van der Waals surface area contributed by atoms with Gasteiger partial charge < -0.3 is 14.9 Å². The van der Waals surface area contributed by atoms with Crippen molar-refractivity contribution < 1.29 is 8.42 Å². The van der Waals surface area contributed by atoms with Crippen molar-refractivity contribution in [2.45, 2.75) is 33.2 Å². The molecular weight excluding hydrogens is 587 g/mol. The number of nitrogens with zero attached hydrogens (tertiary/aromatic N) is 4. The Bertz CT molecular complexity index is 1580. The second kappa shape index (κ2) is 9.64. The molecule has 1 saturated heterocycles. The van der Waals surface area contributed by atoms with Crippen molar-refractivity contribution in [3.8, 4) is 17.1 Å². The molecule has 1 aliphatic heterocycles. The molecule has 190 valence electrons. The second-order valence-corrected chi connectivity index (χ2v) is 12.8. The van der Waals surface area contributed by atoms with Crippen LogP contribution in [0.5, 0.6) is 0 Å². The molecule has 0 amide bonds. The molecule has 0 saturated carbocycles. The average molecular weight is 612 g/mol. The maximum Gasteiger partial charge on any atom is 0.213 e. The summed E-state index contributed by atoms with van der Waals surface area (Å²) >= 11 is 16.3. The number of hydrogen-bond acceptors (Lipinski definition) is 5. The van der Waals surface area contributed by atoms with Gasteiger partial charge in [0, 0.05) is 47.3 Å². The Morgan fingerprint density at radius 2 is 2.03 bits per heavy atom. The van der Waals surface area contributed by atoms with Crippen LogP contribution in [0.4, 0.5) is 5.69 Å². The summed E-state index contributed by atoms with van der Waals surface area (Å²) in [4.78, 5) is 12.7. The number of aryl methyl sites for hydroxylation is 1. The molecule has 0 radical (unpaired) electrons. The third kappa shape index (κ3) is 4.54. The van der Waals surface area contributed by atoms with E-state index in [-0.39, 0.29) is 11.8 Å². The van der Waals surface area contributed by atoms with Gasteiger partial charge in [0.2, 0.25) is 10.0 Å². The lowest BCUT2D eigenvalue weighted by molar-refractivity contribution is 0.476. The molecule has 4 aromatic rings. The molecule has 4 heterocycles. The van der Waals surface area contributed by atoms with Crippen molar-refractivity contribution in [2.24, 2.45) is 0 Å². The van der Waals surface area contributed by atoms with Crippen LogP contribution in [0.2, 0.25) is 10.0 Å². The number of halogens is 3. The van der Waals surface area contributed by atoms with Crippen molar-refractivity contribution in [3.05, 3.63) is 56.4 Å². The highest BCUT2D eigenvalue weighted by Gasteiger charge is 2.31. The van der Waals surface area contributed by atoms with Crippen LogP contribution in [0.3, 0.4) is 0 Å². The molecule has 3 aromatic heterocycles. The minimum absolute atomic E-state index is 0.0185. The summed E-state index contributed by atoms with van der Waals surface area (Å²) in [6.45, 7) is 6.62. The van der Waals surface area contributed by atoms with E-state index < -0.39 is 10.0 Å². The molecular formula is C24H25BrCl2N6O2S. The van der Waals surface area contributed by atoms with Crippen LogP contribution in [0, 0.1) is 13.8 Å². The third-order valence-corrected chi connectivity index (χ3v) is 9.57. The van der Waals surface area contributed by atoms with E-state index in [1.807, 2.05) is 19.9 Å². The first-order chi connectivity index (χ1) is 17.1. The highest BCUT2D eigenvalue weighted by molar-refractivity contribution is 9.10. The third-order valence-electron chi connectivity index (χ3n) is 6.57. The number of hydrogen-bond donors (Lipinski definition) is 2. The Balaban J connectivity index is 1.52. The Kier molecular flexibility index (Phi) is 6.84. The van der Waals surface area contributed by atoms with Crippen LogP contribution in [0.15, 0.2) is 34.9 Å². The van der Waals surface area contributed by atoms with Crippen molar-refractivity contribution in [1.82, 2.24) is 23.8 Å². The summed E-state index contributed by atoms with van der Waals surface area (Å²) in [5.74, 6) is 0.781. The molecule has 12 heteroatoms. The second-order valence-electron chi connectivity index (χ2n) is 8.87. The van der Waals surface area contributed by atoms with Crippen LogP contribution >= 0.6 is 39.1 Å². The zero-order valence-electron chi connectivity index (χ0n) is 19.9. The van der Waals surface area contributed by atoms with Crippen molar-refractivity contribution >= 4 is 66.0 Å². The number of nitrogens with one attached hydrogen (secondary N) is 2. The van der Waals surface area contributed by atoms with E-state index in [1.54, 1.807) is 29.6 Å². The van der Waals surface area contributed by atoms with E-state index in [9.17, 15) is 8.42 Å². The fourth-order valence-corrected chi connectivity index (χ4v) is 6.66. The number of aromatic nitrogens is 4. The monoisotopic (exact) mass is 610 g/mol. The number of imidazole rings is 1. The summed E-state index contributed by atoms with van der Waals surface area (Å²) in [6, 6.07) is 7.43. The predicted molar refractivity (Wildman–Crippen MR) is 149 cm³/mol. The molecule has 1 fully saturated rings. The fourth-order valence-electron chi connectivity index (χ4n) is 4.72. The number of fused-ring (bicyclic) bond motifs is 1. The number of pyridine rings is 1. The number of benzene rings is 1. The van der Waals surface area contributed by atoms with E-state index in [2.05, 4.69) is 41.8 Å². The molecule has 8 nitrogen and oxygen atoms in total. The van der Waals surface area contributed by atoms with Gasteiger partial charge in [-0.2, -0.15) is 4.31 Å². The van der Waals surface area contributed by atoms with Crippen LogP contribution in [-0.4, -0.2) is 57.1 Å². The first-order valence-corrected chi connectivity index (χ1v) is 14.7. The summed E-state index contributed by atoms with van der Waals surface area (Å²) in [6.07, 6.45) is 2.43. The molecule has 0 aliphatic carbocycles. The highest BCUT2D eigenvalue weighted by atomic mass is 79.9. The molecule has 5 rings (SSSR count). The van der Waals surface area contributed by atoms with Crippen molar-refractivity contribution in [2.75, 3.05) is 24.2 Å². The molecule has 1 aromatic carbocycles. The zero-order valence-corrected chi connectivity index (χ0v) is 23.9. The van der Waals surface area contributed by atoms with Gasteiger partial charge in [0.05, 0.1) is 26.6 Å². The van der Waals surface area contributed by atoms with Crippen LogP contribution in [0.25, 0.3) is 28.2 Å². The van der Waals surface area contributed by atoms with E-state index in [0.29, 0.717) is 34.6 Å². The molecule has 2 N–H and O–H groups in total. The number of rotatable bonds is 6. The topological polar surface area (TPSA) is 95.9 Å². The van der Waals surface area contributed by atoms with E-state index >= 15 is 0 Å². The highest BCUT2D eigenvalue weighted by Crippen LogP contribution is 2.36. The predicted octanol–water partition coefficient (Wildman–Crippen LogP) is 5.94. The SMILES string of the molecule is CCS(=O)(=O)N1CCC(Nc2c(Br)cnc3nc(-c4cc(C)n(-c5cc(Cl)ccc5Cl)c4C)[nH]c23)C1. The maximum atomic E-state index is 12.3. The fraction of sp³-hybridized carbons (Fsp3) is 0.333. The molecule has 0 spiro atoms. The standard InChI is InChI=1S/C24H25BrCl2N6O2S/c1-4-36(34,35)32-8-7-16(12-32)29-21-18(25)11-28-24-22(21)30-23(31-24)17-9-13(2)33(14(17)3)20-10-15(26)5-6-19(20)27/h5-6,9-11,16H,4,7-8,12H2,1-3H3,(H2,28,29,30,31).